The Labute approximate surface area is 167 Å². The van der Waals surface area contributed by atoms with Crippen LogP contribution in [0.1, 0.15) is 36.5 Å². The average Bonchev–Trinajstić information content (AvgIpc) is 3.01. The Hall–Kier alpha value is -2.66. The third-order valence-corrected chi connectivity index (χ3v) is 5.40. The van der Waals surface area contributed by atoms with Crippen molar-refractivity contribution in [2.24, 2.45) is 4.99 Å². The number of nitrogens with one attached hydrogen (secondary N) is 2. The molecule has 0 bridgehead atoms. The molecule has 1 unspecified atom stereocenters. The molecule has 0 saturated carbocycles. The molecule has 2 aromatic rings. The fourth-order valence-corrected chi connectivity index (χ4v) is 3.66. The molecule has 148 valence electrons. The zero-order chi connectivity index (χ0) is 20.1. The second-order valence-electron chi connectivity index (χ2n) is 7.23. The minimum atomic E-state index is -0.330. The minimum absolute atomic E-state index is 0.0144. The number of hydrogen-bond donors (Lipinski definition) is 2. The lowest BCUT2D eigenvalue weighted by Crippen LogP contribution is -2.28. The van der Waals surface area contributed by atoms with E-state index in [2.05, 4.69) is 53.4 Å². The minimum Gasteiger partial charge on any atom is -0.384 e. The number of aryl methyl sites for hydroxylation is 2. The summed E-state index contributed by atoms with van der Waals surface area (Å²) < 4.78 is 0. The topological polar surface area (TPSA) is 56.7 Å². The first kappa shape index (κ1) is 20.1. The van der Waals surface area contributed by atoms with E-state index in [1.54, 1.807) is 6.21 Å². The van der Waals surface area contributed by atoms with Crippen LogP contribution in [0, 0.1) is 13.8 Å². The molecule has 1 amide bonds. The maximum absolute atomic E-state index is 12.3. The lowest BCUT2D eigenvalue weighted by atomic mass is 9.97. The van der Waals surface area contributed by atoms with Gasteiger partial charge in [0.1, 0.15) is 5.92 Å². The summed E-state index contributed by atoms with van der Waals surface area (Å²) in [6.45, 7) is 12.6. The number of carbonyl (C=O) groups is 1. The average molecular weight is 379 g/mol. The predicted octanol–water partition coefficient (Wildman–Crippen LogP) is 4.50. The van der Waals surface area contributed by atoms with Gasteiger partial charge >= 0.3 is 0 Å². The van der Waals surface area contributed by atoms with Gasteiger partial charge in [0.15, 0.2) is 0 Å². The number of benzene rings is 2. The Balaban J connectivity index is 1.67. The molecule has 2 N–H and O–H groups in total. The van der Waals surface area contributed by atoms with Gasteiger partial charge in [0.05, 0.1) is 5.69 Å². The van der Waals surface area contributed by atoms with Gasteiger partial charge in [0.2, 0.25) is 5.91 Å². The largest absolute Gasteiger partial charge is 0.384 e. The number of nitrogens with zero attached hydrogens (tertiary/aromatic N) is 2. The molecule has 0 fully saturated rings. The molecule has 0 aromatic heterocycles. The van der Waals surface area contributed by atoms with Crippen molar-refractivity contribution in [3.05, 3.63) is 53.1 Å². The third kappa shape index (κ3) is 4.42. The molecule has 1 heterocycles. The molecular formula is C23H30N4O. The van der Waals surface area contributed by atoms with Crippen molar-refractivity contribution in [1.82, 2.24) is 4.90 Å². The fraction of sp³-hybridized carbons (Fsp3) is 0.391. The van der Waals surface area contributed by atoms with E-state index in [4.69, 9.17) is 0 Å². The number of amides is 1. The molecular weight excluding hydrogens is 348 g/mol. The SMILES string of the molecule is CCN(CC)CCNc1ccc(N=CC2C(=O)Nc3cccc(C)c32)cc1C. The van der Waals surface area contributed by atoms with Crippen molar-refractivity contribution in [2.75, 3.05) is 36.8 Å². The van der Waals surface area contributed by atoms with Gasteiger partial charge in [-0.05, 0) is 67.9 Å². The molecule has 3 rings (SSSR count). The van der Waals surface area contributed by atoms with Gasteiger partial charge in [-0.25, -0.2) is 0 Å². The van der Waals surface area contributed by atoms with Crippen molar-refractivity contribution >= 4 is 29.2 Å². The standard InChI is InChI=1S/C23H30N4O/c1-5-27(6-2)13-12-24-20-11-10-18(14-17(20)4)25-15-19-22-16(3)8-7-9-21(22)26-23(19)28/h7-11,14-15,19,24H,5-6,12-13H2,1-4H3,(H,26,28). The van der Waals surface area contributed by atoms with Crippen LogP contribution in [0.5, 0.6) is 0 Å². The summed E-state index contributed by atoms with van der Waals surface area (Å²) in [4.78, 5) is 19.3. The molecule has 0 radical (unpaired) electrons. The zero-order valence-electron chi connectivity index (χ0n) is 17.2. The monoisotopic (exact) mass is 378 g/mol. The summed E-state index contributed by atoms with van der Waals surface area (Å²) in [5.41, 5.74) is 6.18. The summed E-state index contributed by atoms with van der Waals surface area (Å²) in [7, 11) is 0. The smallest absolute Gasteiger partial charge is 0.237 e. The lowest BCUT2D eigenvalue weighted by molar-refractivity contribution is -0.115. The van der Waals surface area contributed by atoms with Crippen molar-refractivity contribution in [1.29, 1.82) is 0 Å². The van der Waals surface area contributed by atoms with Gasteiger partial charge in [-0.1, -0.05) is 26.0 Å². The van der Waals surface area contributed by atoms with Crippen molar-refractivity contribution in [3.8, 4) is 0 Å². The van der Waals surface area contributed by atoms with Crippen molar-refractivity contribution < 1.29 is 4.79 Å². The molecule has 0 spiro atoms. The molecule has 0 saturated heterocycles. The highest BCUT2D eigenvalue weighted by Crippen LogP contribution is 2.34. The van der Waals surface area contributed by atoms with E-state index in [1.807, 2.05) is 31.2 Å². The van der Waals surface area contributed by atoms with Gasteiger partial charge < -0.3 is 15.5 Å². The number of rotatable bonds is 8. The molecule has 5 heteroatoms. The van der Waals surface area contributed by atoms with Gasteiger partial charge in [0, 0.05) is 30.7 Å². The van der Waals surface area contributed by atoms with Crippen LogP contribution in [0.2, 0.25) is 0 Å². The normalized spacial score (nSPS) is 15.9. The predicted molar refractivity (Wildman–Crippen MR) is 118 cm³/mol. The highest BCUT2D eigenvalue weighted by molar-refractivity contribution is 6.13. The summed E-state index contributed by atoms with van der Waals surface area (Å²) >= 11 is 0. The molecule has 1 aliphatic heterocycles. The maximum atomic E-state index is 12.3. The quantitative estimate of drug-likeness (QED) is 0.665. The number of hydrogen-bond acceptors (Lipinski definition) is 4. The second-order valence-corrected chi connectivity index (χ2v) is 7.23. The maximum Gasteiger partial charge on any atom is 0.237 e. The second kappa shape index (κ2) is 9.02. The van der Waals surface area contributed by atoms with Crippen LogP contribution >= 0.6 is 0 Å². The Morgan fingerprint density at radius 3 is 2.64 bits per heavy atom. The molecule has 2 aromatic carbocycles. The van der Waals surface area contributed by atoms with Crippen LogP contribution in [-0.4, -0.2) is 43.2 Å². The first-order valence-corrected chi connectivity index (χ1v) is 10.0. The van der Waals surface area contributed by atoms with Gasteiger partial charge in [-0.2, -0.15) is 0 Å². The van der Waals surface area contributed by atoms with E-state index < -0.39 is 0 Å². The van der Waals surface area contributed by atoms with Gasteiger partial charge in [0.25, 0.3) is 0 Å². The number of aliphatic imine (C=N–C) groups is 1. The van der Waals surface area contributed by atoms with Gasteiger partial charge in [-0.15, -0.1) is 0 Å². The van der Waals surface area contributed by atoms with Crippen LogP contribution in [-0.2, 0) is 4.79 Å². The van der Waals surface area contributed by atoms with Crippen molar-refractivity contribution in [3.63, 3.8) is 0 Å². The number of likely N-dealkylation sites (N-methyl/N-ethyl adjacent to an activating group) is 1. The first-order chi connectivity index (χ1) is 13.5. The zero-order valence-corrected chi connectivity index (χ0v) is 17.2. The first-order valence-electron chi connectivity index (χ1n) is 10.0. The highest BCUT2D eigenvalue weighted by Gasteiger charge is 2.30. The number of fused-ring (bicyclic) bond motifs is 1. The van der Waals surface area contributed by atoms with Crippen LogP contribution in [0.15, 0.2) is 41.4 Å². The molecule has 0 aliphatic carbocycles. The Morgan fingerprint density at radius 1 is 1.14 bits per heavy atom. The number of anilines is 2. The Morgan fingerprint density at radius 2 is 1.93 bits per heavy atom. The van der Waals surface area contributed by atoms with E-state index in [9.17, 15) is 4.79 Å². The van der Waals surface area contributed by atoms with Crippen LogP contribution < -0.4 is 10.6 Å². The summed E-state index contributed by atoms with van der Waals surface area (Å²) in [6.07, 6.45) is 1.76. The Kier molecular flexibility index (Phi) is 6.47. The Bertz CT molecular complexity index is 871. The molecule has 1 aliphatic rings. The molecule has 5 nitrogen and oxygen atoms in total. The van der Waals surface area contributed by atoms with Crippen LogP contribution in [0.3, 0.4) is 0 Å². The highest BCUT2D eigenvalue weighted by atomic mass is 16.2. The van der Waals surface area contributed by atoms with E-state index in [-0.39, 0.29) is 11.8 Å². The lowest BCUT2D eigenvalue weighted by Gasteiger charge is -2.19. The van der Waals surface area contributed by atoms with E-state index in [0.29, 0.717) is 0 Å². The molecule has 1 atom stereocenters. The number of carbonyl (C=O) groups excluding carboxylic acids is 1. The third-order valence-electron chi connectivity index (χ3n) is 5.40. The van der Waals surface area contributed by atoms with Crippen LogP contribution in [0.25, 0.3) is 0 Å². The van der Waals surface area contributed by atoms with E-state index >= 15 is 0 Å². The van der Waals surface area contributed by atoms with Crippen molar-refractivity contribution in [2.45, 2.75) is 33.6 Å². The summed E-state index contributed by atoms with van der Waals surface area (Å²) in [6, 6.07) is 12.1. The van der Waals surface area contributed by atoms with E-state index in [1.165, 1.54) is 0 Å². The van der Waals surface area contributed by atoms with Crippen LogP contribution in [0.4, 0.5) is 17.1 Å². The molecule has 28 heavy (non-hydrogen) atoms. The van der Waals surface area contributed by atoms with Gasteiger partial charge in [-0.3, -0.25) is 9.79 Å². The summed E-state index contributed by atoms with van der Waals surface area (Å²) in [5.74, 6) is -0.345. The summed E-state index contributed by atoms with van der Waals surface area (Å²) in [5, 5.41) is 6.45. The van der Waals surface area contributed by atoms with E-state index in [0.717, 1.165) is 59.9 Å². The fourth-order valence-electron chi connectivity index (χ4n) is 3.66.